The second kappa shape index (κ2) is 2.61. The number of rotatable bonds is 1. The SMILES string of the molecule is O=C(O)c1ccc2c(c1)OS(=O)(=O)N2. The lowest BCUT2D eigenvalue weighted by atomic mass is 10.2. The molecule has 74 valence electrons. The normalized spacial score (nSPS) is 16.6. The predicted molar refractivity (Wildman–Crippen MR) is 46.6 cm³/mol. The first-order chi connectivity index (χ1) is 6.48. The molecule has 0 bridgehead atoms. The maximum Gasteiger partial charge on any atom is 0.407 e. The van der Waals surface area contributed by atoms with Crippen molar-refractivity contribution < 1.29 is 22.5 Å². The van der Waals surface area contributed by atoms with E-state index >= 15 is 0 Å². The zero-order valence-electron chi connectivity index (χ0n) is 6.72. The summed E-state index contributed by atoms with van der Waals surface area (Å²) < 4.78 is 28.4. The minimum Gasteiger partial charge on any atom is -0.478 e. The van der Waals surface area contributed by atoms with E-state index in [4.69, 9.17) is 5.11 Å². The van der Waals surface area contributed by atoms with Crippen molar-refractivity contribution in [2.45, 2.75) is 0 Å². The fourth-order valence-corrected chi connectivity index (χ4v) is 1.94. The van der Waals surface area contributed by atoms with Crippen molar-refractivity contribution in [1.82, 2.24) is 0 Å². The van der Waals surface area contributed by atoms with E-state index < -0.39 is 16.3 Å². The smallest absolute Gasteiger partial charge is 0.407 e. The topological polar surface area (TPSA) is 92.7 Å². The van der Waals surface area contributed by atoms with Gasteiger partial charge in [-0.2, -0.15) is 8.42 Å². The van der Waals surface area contributed by atoms with Crippen molar-refractivity contribution in [2.75, 3.05) is 4.72 Å². The molecule has 1 aromatic carbocycles. The minimum atomic E-state index is -3.79. The molecule has 0 radical (unpaired) electrons. The van der Waals surface area contributed by atoms with Crippen LogP contribution in [0.3, 0.4) is 0 Å². The van der Waals surface area contributed by atoms with E-state index in [2.05, 4.69) is 8.91 Å². The molecule has 2 rings (SSSR count). The summed E-state index contributed by atoms with van der Waals surface area (Å²) in [4.78, 5) is 10.5. The van der Waals surface area contributed by atoms with Gasteiger partial charge in [0.05, 0.1) is 11.3 Å². The standard InChI is InChI=1S/C7H5NO5S/c9-7(10)4-1-2-5-6(3-4)13-14(11,12)8-5/h1-3,8H,(H,9,10). The highest BCUT2D eigenvalue weighted by Crippen LogP contribution is 2.33. The van der Waals surface area contributed by atoms with E-state index in [1.807, 2.05) is 0 Å². The quantitative estimate of drug-likeness (QED) is 0.708. The van der Waals surface area contributed by atoms with Gasteiger partial charge in [-0.25, -0.2) is 9.52 Å². The van der Waals surface area contributed by atoms with Gasteiger partial charge in [-0.3, -0.25) is 0 Å². The Morgan fingerprint density at radius 2 is 2.14 bits per heavy atom. The number of anilines is 1. The molecule has 7 heteroatoms. The number of carboxylic acid groups (broad SMARTS) is 1. The highest BCUT2D eigenvalue weighted by atomic mass is 32.2. The zero-order valence-corrected chi connectivity index (χ0v) is 7.54. The van der Waals surface area contributed by atoms with Crippen LogP contribution >= 0.6 is 0 Å². The molecule has 0 aliphatic carbocycles. The summed E-state index contributed by atoms with van der Waals surface area (Å²) in [5.41, 5.74) is 0.220. The van der Waals surface area contributed by atoms with Crippen molar-refractivity contribution in [1.29, 1.82) is 0 Å². The van der Waals surface area contributed by atoms with E-state index in [-0.39, 0.29) is 17.0 Å². The van der Waals surface area contributed by atoms with Crippen LogP contribution in [0, 0.1) is 0 Å². The molecule has 1 aliphatic rings. The molecular formula is C7H5NO5S. The van der Waals surface area contributed by atoms with E-state index in [9.17, 15) is 13.2 Å². The Balaban J connectivity index is 2.50. The summed E-state index contributed by atoms with van der Waals surface area (Å²) in [6.07, 6.45) is 0. The third-order valence-corrected chi connectivity index (χ3v) is 2.53. The molecule has 1 aromatic rings. The van der Waals surface area contributed by atoms with E-state index in [0.717, 1.165) is 6.07 Å². The average molecular weight is 215 g/mol. The molecule has 0 saturated carbocycles. The predicted octanol–water partition coefficient (Wildman–Crippen LogP) is 0.434. The van der Waals surface area contributed by atoms with Gasteiger partial charge in [0.25, 0.3) is 0 Å². The van der Waals surface area contributed by atoms with Crippen LogP contribution in [0.25, 0.3) is 0 Å². The second-order valence-corrected chi connectivity index (χ2v) is 3.93. The first-order valence-corrected chi connectivity index (χ1v) is 4.98. The summed E-state index contributed by atoms with van der Waals surface area (Å²) in [6, 6.07) is 3.77. The Morgan fingerprint density at radius 3 is 2.79 bits per heavy atom. The van der Waals surface area contributed by atoms with Crippen LogP contribution in [0.1, 0.15) is 10.4 Å². The number of aromatic carboxylic acids is 1. The second-order valence-electron chi connectivity index (χ2n) is 2.66. The van der Waals surface area contributed by atoms with Crippen molar-refractivity contribution in [2.24, 2.45) is 0 Å². The van der Waals surface area contributed by atoms with Crippen LogP contribution in [0.5, 0.6) is 5.75 Å². The number of carbonyl (C=O) groups is 1. The molecule has 6 nitrogen and oxygen atoms in total. The molecule has 0 atom stereocenters. The van der Waals surface area contributed by atoms with Crippen molar-refractivity contribution >= 4 is 22.0 Å². The summed E-state index contributed by atoms with van der Waals surface area (Å²) in [6.45, 7) is 0. The number of fused-ring (bicyclic) bond motifs is 1. The van der Waals surface area contributed by atoms with Crippen molar-refractivity contribution in [3.05, 3.63) is 23.8 Å². The number of hydrogen-bond acceptors (Lipinski definition) is 4. The number of benzene rings is 1. The molecular weight excluding hydrogens is 210 g/mol. The Labute approximate surface area is 79.4 Å². The molecule has 1 heterocycles. The van der Waals surface area contributed by atoms with Gasteiger partial charge < -0.3 is 9.29 Å². The van der Waals surface area contributed by atoms with Gasteiger partial charge in [0.15, 0.2) is 5.75 Å². The summed E-state index contributed by atoms with van der Waals surface area (Å²) >= 11 is 0. The Morgan fingerprint density at radius 1 is 1.43 bits per heavy atom. The minimum absolute atomic E-state index is 0.00454. The zero-order chi connectivity index (χ0) is 10.3. The first kappa shape index (κ1) is 8.82. The lowest BCUT2D eigenvalue weighted by Gasteiger charge is -1.96. The number of nitrogens with one attached hydrogen (secondary N) is 1. The molecule has 0 aromatic heterocycles. The molecule has 14 heavy (non-hydrogen) atoms. The largest absolute Gasteiger partial charge is 0.478 e. The molecule has 0 unspecified atom stereocenters. The van der Waals surface area contributed by atoms with Crippen LogP contribution in [0.2, 0.25) is 0 Å². The van der Waals surface area contributed by atoms with Gasteiger partial charge >= 0.3 is 16.3 Å². The lowest BCUT2D eigenvalue weighted by Crippen LogP contribution is -2.10. The van der Waals surface area contributed by atoms with Crippen molar-refractivity contribution in [3.8, 4) is 5.75 Å². The molecule has 1 aliphatic heterocycles. The van der Waals surface area contributed by atoms with Gasteiger partial charge in [-0.05, 0) is 18.2 Å². The fraction of sp³-hybridized carbons (Fsp3) is 0. The Bertz CT molecular complexity index is 507. The molecule has 0 spiro atoms. The molecule has 0 fully saturated rings. The molecule has 0 saturated heterocycles. The van der Waals surface area contributed by atoms with Crippen LogP contribution in [0.15, 0.2) is 18.2 Å². The fourth-order valence-electron chi connectivity index (χ4n) is 1.08. The van der Waals surface area contributed by atoms with Crippen LogP contribution in [-0.2, 0) is 10.3 Å². The summed E-state index contributed by atoms with van der Waals surface area (Å²) in [5, 5.41) is 8.62. The maximum atomic E-state index is 10.9. The van der Waals surface area contributed by atoms with Gasteiger partial charge in [-0.15, -0.1) is 0 Å². The third kappa shape index (κ3) is 1.37. The Kier molecular flexibility index (Phi) is 1.65. The third-order valence-electron chi connectivity index (χ3n) is 1.66. The Hall–Kier alpha value is -1.76. The van der Waals surface area contributed by atoms with Gasteiger partial charge in [0, 0.05) is 0 Å². The first-order valence-electron chi connectivity index (χ1n) is 3.57. The summed E-state index contributed by atoms with van der Waals surface area (Å²) in [5.74, 6) is -1.13. The average Bonchev–Trinajstić information content (AvgIpc) is 2.36. The molecule has 0 amide bonds. The monoisotopic (exact) mass is 215 g/mol. The van der Waals surface area contributed by atoms with Crippen LogP contribution in [0.4, 0.5) is 5.69 Å². The van der Waals surface area contributed by atoms with E-state index in [1.165, 1.54) is 12.1 Å². The highest BCUT2D eigenvalue weighted by molar-refractivity contribution is 7.88. The summed E-state index contributed by atoms with van der Waals surface area (Å²) in [7, 11) is -3.79. The van der Waals surface area contributed by atoms with Gasteiger partial charge in [0.1, 0.15) is 0 Å². The van der Waals surface area contributed by atoms with E-state index in [0.29, 0.717) is 0 Å². The van der Waals surface area contributed by atoms with E-state index in [1.54, 1.807) is 0 Å². The number of hydrogen-bond donors (Lipinski definition) is 2. The lowest BCUT2D eigenvalue weighted by molar-refractivity contribution is 0.0696. The van der Waals surface area contributed by atoms with Crippen molar-refractivity contribution in [3.63, 3.8) is 0 Å². The van der Waals surface area contributed by atoms with Gasteiger partial charge in [0.2, 0.25) is 0 Å². The maximum absolute atomic E-state index is 10.9. The van der Waals surface area contributed by atoms with Crippen LogP contribution in [-0.4, -0.2) is 19.5 Å². The number of carboxylic acids is 1. The highest BCUT2D eigenvalue weighted by Gasteiger charge is 2.25. The molecule has 2 N–H and O–H groups in total. The van der Waals surface area contributed by atoms with Gasteiger partial charge in [-0.1, -0.05) is 0 Å². The van der Waals surface area contributed by atoms with Crippen LogP contribution < -0.4 is 8.91 Å².